The molecule has 3 N–H and O–H groups in total. The number of aromatic nitrogens is 2. The van der Waals surface area contributed by atoms with Crippen molar-refractivity contribution in [1.82, 2.24) is 14.9 Å². The van der Waals surface area contributed by atoms with Gasteiger partial charge < -0.3 is 10.4 Å². The second-order valence-electron chi connectivity index (χ2n) is 8.56. The summed E-state index contributed by atoms with van der Waals surface area (Å²) < 4.78 is 28.7. The fourth-order valence-electron chi connectivity index (χ4n) is 3.56. The Kier molecular flexibility index (Phi) is 6.16. The van der Waals surface area contributed by atoms with Gasteiger partial charge in [-0.05, 0) is 44.5 Å². The van der Waals surface area contributed by atoms with Crippen molar-refractivity contribution in [2.75, 3.05) is 11.9 Å². The molecular formula is C25H26N4O3S. The van der Waals surface area contributed by atoms with Crippen molar-refractivity contribution in [1.29, 1.82) is 0 Å². The molecule has 0 amide bonds. The SMILES string of the molecule is Cc1ccc(-c2nnc(Nc3ccccc3)c3ccccc23)cc1S(=O)(=O)NC(C)(C)CO. The predicted molar refractivity (Wildman–Crippen MR) is 131 cm³/mol. The van der Waals surface area contributed by atoms with Crippen LogP contribution < -0.4 is 10.0 Å². The Morgan fingerprint density at radius 1 is 0.909 bits per heavy atom. The molecule has 1 aromatic heterocycles. The molecule has 33 heavy (non-hydrogen) atoms. The summed E-state index contributed by atoms with van der Waals surface area (Å²) >= 11 is 0. The summed E-state index contributed by atoms with van der Waals surface area (Å²) in [6.45, 7) is 4.67. The van der Waals surface area contributed by atoms with Gasteiger partial charge in [-0.1, -0.05) is 54.6 Å². The number of nitrogens with one attached hydrogen (secondary N) is 2. The molecule has 7 nitrogen and oxygen atoms in total. The zero-order valence-corrected chi connectivity index (χ0v) is 19.5. The van der Waals surface area contributed by atoms with Crippen LogP contribution >= 0.6 is 0 Å². The molecular weight excluding hydrogens is 436 g/mol. The highest BCUT2D eigenvalue weighted by Gasteiger charge is 2.27. The molecule has 0 spiro atoms. The van der Waals surface area contributed by atoms with E-state index in [-0.39, 0.29) is 11.5 Å². The normalized spacial score (nSPS) is 12.1. The summed E-state index contributed by atoms with van der Waals surface area (Å²) in [5.41, 5.74) is 1.73. The van der Waals surface area contributed by atoms with Gasteiger partial charge in [-0.15, -0.1) is 10.2 Å². The van der Waals surface area contributed by atoms with E-state index in [4.69, 9.17) is 0 Å². The van der Waals surface area contributed by atoms with Gasteiger partial charge in [-0.2, -0.15) is 0 Å². The minimum Gasteiger partial charge on any atom is -0.394 e. The van der Waals surface area contributed by atoms with Gasteiger partial charge in [0.2, 0.25) is 10.0 Å². The third kappa shape index (κ3) is 4.88. The first-order valence-corrected chi connectivity index (χ1v) is 12.0. The van der Waals surface area contributed by atoms with Gasteiger partial charge in [0.05, 0.1) is 17.0 Å². The monoisotopic (exact) mass is 462 g/mol. The standard InChI is InChI=1S/C25H26N4O3S/c1-17-13-14-18(15-22(17)33(31,32)29-25(2,3)16-30)23-20-11-7-8-12-21(20)24(28-27-23)26-19-9-5-4-6-10-19/h4-15,29-30H,16H2,1-3H3,(H,26,28). The Balaban J connectivity index is 1.80. The van der Waals surface area contributed by atoms with Gasteiger partial charge >= 0.3 is 0 Å². The number of hydrogen-bond donors (Lipinski definition) is 3. The fourth-order valence-corrected chi connectivity index (χ4v) is 5.23. The molecule has 0 radical (unpaired) electrons. The summed E-state index contributed by atoms with van der Waals surface area (Å²) in [7, 11) is -3.86. The topological polar surface area (TPSA) is 104 Å². The van der Waals surface area contributed by atoms with Crippen LogP contribution in [0.25, 0.3) is 22.0 Å². The minimum atomic E-state index is -3.86. The van der Waals surface area contributed by atoms with Gasteiger partial charge in [0.1, 0.15) is 5.69 Å². The van der Waals surface area contributed by atoms with Crippen LogP contribution in [0.15, 0.2) is 77.7 Å². The fraction of sp³-hybridized carbons (Fsp3) is 0.200. The van der Waals surface area contributed by atoms with E-state index < -0.39 is 15.6 Å². The number of aryl methyl sites for hydroxylation is 1. The Morgan fingerprint density at radius 2 is 1.58 bits per heavy atom. The Bertz CT molecular complexity index is 1400. The van der Waals surface area contributed by atoms with Crippen molar-refractivity contribution >= 4 is 32.3 Å². The lowest BCUT2D eigenvalue weighted by Gasteiger charge is -2.24. The Hall–Kier alpha value is -3.33. The Labute approximate surface area is 193 Å². The highest BCUT2D eigenvalue weighted by Crippen LogP contribution is 2.32. The first-order valence-electron chi connectivity index (χ1n) is 10.5. The van der Waals surface area contributed by atoms with Crippen molar-refractivity contribution < 1.29 is 13.5 Å². The molecule has 0 bridgehead atoms. The molecule has 0 fully saturated rings. The number of aliphatic hydroxyl groups is 1. The zero-order valence-electron chi connectivity index (χ0n) is 18.7. The Morgan fingerprint density at radius 3 is 2.27 bits per heavy atom. The van der Waals surface area contributed by atoms with Crippen LogP contribution in [0.4, 0.5) is 11.5 Å². The average Bonchev–Trinajstić information content (AvgIpc) is 2.80. The van der Waals surface area contributed by atoms with Crippen LogP contribution in [0.1, 0.15) is 19.4 Å². The summed E-state index contributed by atoms with van der Waals surface area (Å²) in [6.07, 6.45) is 0. The summed E-state index contributed by atoms with van der Waals surface area (Å²) in [4.78, 5) is 0.138. The van der Waals surface area contributed by atoms with E-state index >= 15 is 0 Å². The summed E-state index contributed by atoms with van der Waals surface area (Å²) in [5, 5.41) is 23.4. The predicted octanol–water partition coefficient (Wildman–Crippen LogP) is 4.40. The lowest BCUT2D eigenvalue weighted by Crippen LogP contribution is -2.46. The van der Waals surface area contributed by atoms with Crippen LogP contribution in [0.3, 0.4) is 0 Å². The number of benzene rings is 3. The molecule has 0 saturated carbocycles. The van der Waals surface area contributed by atoms with Crippen LogP contribution in [0.2, 0.25) is 0 Å². The molecule has 8 heteroatoms. The highest BCUT2D eigenvalue weighted by molar-refractivity contribution is 7.89. The first-order chi connectivity index (χ1) is 15.7. The maximum atomic E-state index is 13.1. The van der Waals surface area contributed by atoms with Crippen molar-refractivity contribution in [2.24, 2.45) is 0 Å². The molecule has 170 valence electrons. The lowest BCUT2D eigenvalue weighted by molar-refractivity contribution is 0.208. The summed E-state index contributed by atoms with van der Waals surface area (Å²) in [5.74, 6) is 0.617. The second-order valence-corrected chi connectivity index (χ2v) is 10.2. The van der Waals surface area contributed by atoms with Crippen LogP contribution in [0.5, 0.6) is 0 Å². The number of fused-ring (bicyclic) bond motifs is 1. The van der Waals surface area contributed by atoms with Crippen molar-refractivity contribution in [3.63, 3.8) is 0 Å². The van der Waals surface area contributed by atoms with Crippen LogP contribution in [-0.2, 0) is 10.0 Å². The van der Waals surface area contributed by atoms with Crippen LogP contribution in [-0.4, -0.2) is 35.9 Å². The van der Waals surface area contributed by atoms with Gasteiger partial charge in [0, 0.05) is 22.0 Å². The summed E-state index contributed by atoms with van der Waals surface area (Å²) in [6, 6.07) is 22.6. The maximum absolute atomic E-state index is 13.1. The number of nitrogens with zero attached hydrogens (tertiary/aromatic N) is 2. The minimum absolute atomic E-state index is 0.138. The quantitative estimate of drug-likeness (QED) is 0.376. The molecule has 0 aliphatic rings. The van der Waals surface area contributed by atoms with Crippen molar-refractivity contribution in [3.8, 4) is 11.3 Å². The molecule has 1 heterocycles. The smallest absolute Gasteiger partial charge is 0.241 e. The van der Waals surface area contributed by atoms with Crippen LogP contribution in [0, 0.1) is 6.92 Å². The van der Waals surface area contributed by atoms with Gasteiger partial charge in [0.25, 0.3) is 0 Å². The third-order valence-electron chi connectivity index (χ3n) is 5.28. The number of rotatable bonds is 7. The third-order valence-corrected chi connectivity index (χ3v) is 7.12. The molecule has 0 atom stereocenters. The number of aliphatic hydroxyl groups excluding tert-OH is 1. The first kappa shape index (κ1) is 22.8. The average molecular weight is 463 g/mol. The van der Waals surface area contributed by atoms with E-state index in [0.717, 1.165) is 16.5 Å². The van der Waals surface area contributed by atoms with E-state index in [1.165, 1.54) is 0 Å². The molecule has 0 unspecified atom stereocenters. The maximum Gasteiger partial charge on any atom is 0.241 e. The van der Waals surface area contributed by atoms with Gasteiger partial charge in [-0.25, -0.2) is 13.1 Å². The van der Waals surface area contributed by atoms with Gasteiger partial charge in [0.15, 0.2) is 5.82 Å². The van der Waals surface area contributed by atoms with Gasteiger partial charge in [-0.3, -0.25) is 0 Å². The van der Waals surface area contributed by atoms with E-state index in [9.17, 15) is 13.5 Å². The van der Waals surface area contributed by atoms with E-state index in [1.54, 1.807) is 32.9 Å². The van der Waals surface area contributed by atoms with Crippen molar-refractivity contribution in [3.05, 3.63) is 78.4 Å². The van der Waals surface area contributed by atoms with E-state index in [1.807, 2.05) is 60.7 Å². The molecule has 0 saturated heterocycles. The molecule has 4 rings (SSSR count). The molecule has 4 aromatic rings. The zero-order chi connectivity index (χ0) is 23.6. The van der Waals surface area contributed by atoms with Crippen molar-refractivity contribution in [2.45, 2.75) is 31.2 Å². The van der Waals surface area contributed by atoms with E-state index in [2.05, 4.69) is 20.2 Å². The molecule has 0 aliphatic carbocycles. The number of hydrogen-bond acceptors (Lipinski definition) is 6. The molecule has 3 aromatic carbocycles. The number of anilines is 2. The van der Waals surface area contributed by atoms with E-state index in [0.29, 0.717) is 22.6 Å². The lowest BCUT2D eigenvalue weighted by atomic mass is 10.0. The molecule has 0 aliphatic heterocycles. The largest absolute Gasteiger partial charge is 0.394 e. The highest BCUT2D eigenvalue weighted by atomic mass is 32.2. The number of sulfonamides is 1. The number of para-hydroxylation sites is 1. The second kappa shape index (κ2) is 8.90.